The maximum atomic E-state index is 13.4. The van der Waals surface area contributed by atoms with Crippen LogP contribution >= 0.6 is 11.3 Å². The fourth-order valence-corrected chi connectivity index (χ4v) is 4.96. The summed E-state index contributed by atoms with van der Waals surface area (Å²) in [4.78, 5) is 18.6. The summed E-state index contributed by atoms with van der Waals surface area (Å²) in [5.41, 5.74) is 2.31. The van der Waals surface area contributed by atoms with E-state index in [-0.39, 0.29) is 25.1 Å². The van der Waals surface area contributed by atoms with Crippen LogP contribution in [0.15, 0.2) is 35.7 Å². The number of carbonyl (C=O) groups is 1. The Kier molecular flexibility index (Phi) is 9.50. The lowest BCUT2D eigenvalue weighted by molar-refractivity contribution is -0.136. The van der Waals surface area contributed by atoms with Crippen LogP contribution in [0.3, 0.4) is 0 Å². The van der Waals surface area contributed by atoms with Gasteiger partial charge in [-0.2, -0.15) is 0 Å². The van der Waals surface area contributed by atoms with Crippen molar-refractivity contribution in [3.63, 3.8) is 0 Å². The minimum Gasteiger partial charge on any atom is -0.491 e. The number of benzene rings is 1. The average Bonchev–Trinajstić information content (AvgIpc) is 3.25. The summed E-state index contributed by atoms with van der Waals surface area (Å²) < 4.78 is 16.4. The normalized spacial score (nSPS) is 16.8. The van der Waals surface area contributed by atoms with Gasteiger partial charge >= 0.3 is 0 Å². The van der Waals surface area contributed by atoms with Crippen LogP contribution in [-0.4, -0.2) is 87.1 Å². The maximum Gasteiger partial charge on any atom is 0.237 e. The van der Waals surface area contributed by atoms with Gasteiger partial charge in [-0.15, -0.1) is 11.3 Å². The molecule has 1 aliphatic rings. The van der Waals surface area contributed by atoms with Crippen LogP contribution in [0.25, 0.3) is 0 Å². The average molecular weight is 463 g/mol. The van der Waals surface area contributed by atoms with E-state index in [1.165, 1.54) is 10.4 Å². The van der Waals surface area contributed by atoms with Crippen LogP contribution in [0.2, 0.25) is 0 Å². The first-order valence-corrected chi connectivity index (χ1v) is 11.8. The molecule has 0 spiro atoms. The summed E-state index contributed by atoms with van der Waals surface area (Å²) in [6.07, 6.45) is 0.194. The van der Waals surface area contributed by atoms with Gasteiger partial charge in [0.1, 0.15) is 12.4 Å². The van der Waals surface area contributed by atoms with Gasteiger partial charge in [-0.25, -0.2) is 0 Å². The highest BCUT2D eigenvalue weighted by atomic mass is 32.1. The smallest absolute Gasteiger partial charge is 0.237 e. The molecule has 0 fully saturated rings. The zero-order chi connectivity index (χ0) is 22.9. The van der Waals surface area contributed by atoms with Gasteiger partial charge in [0.2, 0.25) is 5.91 Å². The van der Waals surface area contributed by atoms with E-state index < -0.39 is 6.10 Å². The third-order valence-corrected chi connectivity index (χ3v) is 6.61. The Morgan fingerprint density at radius 3 is 2.91 bits per heavy atom. The molecule has 0 saturated carbocycles. The van der Waals surface area contributed by atoms with E-state index in [0.717, 1.165) is 17.7 Å². The number of ether oxygens (including phenoxy) is 3. The van der Waals surface area contributed by atoms with Gasteiger partial charge < -0.3 is 24.2 Å². The van der Waals surface area contributed by atoms with E-state index in [4.69, 9.17) is 14.2 Å². The monoisotopic (exact) mass is 462 g/mol. The van der Waals surface area contributed by atoms with E-state index in [9.17, 15) is 9.90 Å². The number of hydrogen-bond donors (Lipinski definition) is 1. The van der Waals surface area contributed by atoms with E-state index in [0.29, 0.717) is 32.8 Å². The molecule has 32 heavy (non-hydrogen) atoms. The summed E-state index contributed by atoms with van der Waals surface area (Å²) >= 11 is 1.74. The molecule has 1 aromatic carbocycles. The Morgan fingerprint density at radius 2 is 2.16 bits per heavy atom. The van der Waals surface area contributed by atoms with Crippen LogP contribution in [0.1, 0.15) is 22.0 Å². The molecule has 176 valence electrons. The Labute approximate surface area is 194 Å². The second-order valence-electron chi connectivity index (χ2n) is 8.12. The fraction of sp³-hybridized carbons (Fsp3) is 0.542. The van der Waals surface area contributed by atoms with E-state index in [1.807, 2.05) is 41.0 Å². The molecule has 0 aliphatic carbocycles. The summed E-state index contributed by atoms with van der Waals surface area (Å²) in [5, 5.41) is 12.3. The first kappa shape index (κ1) is 24.7. The number of fused-ring (bicyclic) bond motifs is 1. The molecule has 1 aliphatic heterocycles. The van der Waals surface area contributed by atoms with Gasteiger partial charge in [0.25, 0.3) is 0 Å². The van der Waals surface area contributed by atoms with Crippen molar-refractivity contribution in [3.05, 3.63) is 51.7 Å². The molecular formula is C24H34N2O5S. The van der Waals surface area contributed by atoms with Crippen LogP contribution in [0.4, 0.5) is 0 Å². The van der Waals surface area contributed by atoms with E-state index in [1.54, 1.807) is 25.6 Å². The molecule has 0 radical (unpaired) electrons. The largest absolute Gasteiger partial charge is 0.491 e. The Hall–Kier alpha value is -1.97. The zero-order valence-electron chi connectivity index (χ0n) is 19.2. The van der Waals surface area contributed by atoms with Crippen molar-refractivity contribution in [1.29, 1.82) is 0 Å². The number of nitrogens with zero attached hydrogens (tertiary/aromatic N) is 2. The van der Waals surface area contributed by atoms with Crippen molar-refractivity contribution in [3.8, 4) is 5.75 Å². The number of amides is 1. The number of thiophene rings is 1. The number of aryl methyl sites for hydroxylation is 1. The van der Waals surface area contributed by atoms with E-state index >= 15 is 0 Å². The van der Waals surface area contributed by atoms with Crippen molar-refractivity contribution < 1.29 is 24.1 Å². The third-order valence-electron chi connectivity index (χ3n) is 5.61. The molecule has 2 heterocycles. The van der Waals surface area contributed by atoms with Gasteiger partial charge in [-0.05, 0) is 48.1 Å². The lowest BCUT2D eigenvalue weighted by Gasteiger charge is -2.37. The van der Waals surface area contributed by atoms with Crippen molar-refractivity contribution >= 4 is 17.2 Å². The molecule has 2 atom stereocenters. The lowest BCUT2D eigenvalue weighted by Crippen LogP contribution is -2.48. The number of hydrogen-bond acceptors (Lipinski definition) is 7. The molecule has 0 bridgehead atoms. The summed E-state index contributed by atoms with van der Waals surface area (Å²) in [5.74, 6) is 0.838. The maximum absolute atomic E-state index is 13.4. The minimum atomic E-state index is -0.657. The van der Waals surface area contributed by atoms with Crippen molar-refractivity contribution in [2.24, 2.45) is 0 Å². The number of rotatable bonds is 12. The molecule has 1 N–H and O–H groups in total. The second-order valence-corrected chi connectivity index (χ2v) is 9.12. The van der Waals surface area contributed by atoms with Crippen LogP contribution in [-0.2, 0) is 20.7 Å². The van der Waals surface area contributed by atoms with Gasteiger partial charge in [-0.1, -0.05) is 12.1 Å². The summed E-state index contributed by atoms with van der Waals surface area (Å²) in [6.45, 7) is 4.94. The topological polar surface area (TPSA) is 71.5 Å². The van der Waals surface area contributed by atoms with Gasteiger partial charge in [0.15, 0.2) is 0 Å². The zero-order valence-corrected chi connectivity index (χ0v) is 20.0. The number of aliphatic hydroxyl groups excluding tert-OH is 1. The Morgan fingerprint density at radius 1 is 1.31 bits per heavy atom. The fourth-order valence-electron chi connectivity index (χ4n) is 4.04. The standard InChI is InChI=1S/C24H34N2O5S/c1-18-5-4-6-20(13-18)31-17-22-21-8-12-32-23(21)7-9-26(22)24(28)15-25(10-11-29-2)14-19(27)16-30-3/h4-6,8,12-13,19,22,27H,7,9-11,14-17H2,1-3H3/t19-,22-/m0/s1. The molecule has 0 saturated heterocycles. The molecule has 2 aromatic rings. The third kappa shape index (κ3) is 6.76. The predicted molar refractivity (Wildman–Crippen MR) is 125 cm³/mol. The quantitative estimate of drug-likeness (QED) is 0.523. The molecule has 8 heteroatoms. The predicted octanol–water partition coefficient (Wildman–Crippen LogP) is 2.52. The highest BCUT2D eigenvalue weighted by molar-refractivity contribution is 7.10. The Balaban J connectivity index is 1.71. The van der Waals surface area contributed by atoms with E-state index in [2.05, 4.69) is 11.4 Å². The first-order chi connectivity index (χ1) is 15.5. The van der Waals surface area contributed by atoms with Crippen LogP contribution in [0, 0.1) is 6.92 Å². The van der Waals surface area contributed by atoms with Gasteiger partial charge in [0, 0.05) is 38.7 Å². The SMILES string of the molecule is COCCN(CC(=O)N1CCc2sccc2[C@@H]1COc1cccc(C)c1)C[C@H](O)COC. The van der Waals surface area contributed by atoms with Crippen molar-refractivity contribution in [1.82, 2.24) is 9.80 Å². The second kappa shape index (κ2) is 12.3. The molecule has 0 unspecified atom stereocenters. The molecule has 7 nitrogen and oxygen atoms in total. The minimum absolute atomic E-state index is 0.0282. The molecule has 3 rings (SSSR count). The summed E-state index contributed by atoms with van der Waals surface area (Å²) in [6, 6.07) is 9.93. The molecule has 1 aromatic heterocycles. The highest BCUT2D eigenvalue weighted by Crippen LogP contribution is 2.34. The van der Waals surface area contributed by atoms with Crippen LogP contribution in [0.5, 0.6) is 5.75 Å². The highest BCUT2D eigenvalue weighted by Gasteiger charge is 2.33. The van der Waals surface area contributed by atoms with Crippen LogP contribution < -0.4 is 4.74 Å². The number of aliphatic hydroxyl groups is 1. The molecular weight excluding hydrogens is 428 g/mol. The van der Waals surface area contributed by atoms with Crippen molar-refractivity contribution in [2.75, 3.05) is 60.2 Å². The molecule has 1 amide bonds. The number of carbonyl (C=O) groups excluding carboxylic acids is 1. The lowest BCUT2D eigenvalue weighted by atomic mass is 10.0. The summed E-state index contributed by atoms with van der Waals surface area (Å²) in [7, 11) is 3.19. The van der Waals surface area contributed by atoms with Gasteiger partial charge in [-0.3, -0.25) is 9.69 Å². The first-order valence-electron chi connectivity index (χ1n) is 10.9. The van der Waals surface area contributed by atoms with Crippen molar-refractivity contribution in [2.45, 2.75) is 25.5 Å². The number of methoxy groups -OCH3 is 2. The Bertz CT molecular complexity index is 858. The van der Waals surface area contributed by atoms with Gasteiger partial charge in [0.05, 0.1) is 31.9 Å².